The molecule has 0 bridgehead atoms. The fourth-order valence-electron chi connectivity index (χ4n) is 3.10. The third-order valence-corrected chi connectivity index (χ3v) is 5.45. The summed E-state index contributed by atoms with van der Waals surface area (Å²) in [5.74, 6) is 0.901. The maximum absolute atomic E-state index is 5.24. The number of anilines is 2. The third-order valence-electron chi connectivity index (χ3n) is 4.55. The Hall–Kier alpha value is -2.53. The highest BCUT2D eigenvalue weighted by atomic mass is 32.1. The van der Waals surface area contributed by atoms with E-state index in [2.05, 4.69) is 51.6 Å². The second-order valence-corrected chi connectivity index (χ2v) is 6.89. The number of methoxy groups -OCH3 is 1. The van der Waals surface area contributed by atoms with E-state index < -0.39 is 0 Å². The standard InChI is InChI=1S/C20H21N3OS/c1-24-18-9-7-17(8-10-18)22-11-13-23(14-12-22)20-21-19(15-25-20)16-5-3-2-4-6-16/h2-10,15H,11-14H2,1H3. The van der Waals surface area contributed by atoms with Crippen LogP contribution in [0.15, 0.2) is 60.0 Å². The van der Waals surface area contributed by atoms with Crippen LogP contribution in [0.25, 0.3) is 11.3 Å². The van der Waals surface area contributed by atoms with E-state index in [1.807, 2.05) is 18.2 Å². The van der Waals surface area contributed by atoms with Crippen molar-refractivity contribution in [2.75, 3.05) is 43.1 Å². The molecule has 0 radical (unpaired) electrons. The Kier molecular flexibility index (Phi) is 4.57. The summed E-state index contributed by atoms with van der Waals surface area (Å²) in [7, 11) is 1.70. The number of benzene rings is 2. The molecule has 1 aliphatic rings. The molecular formula is C20H21N3OS. The summed E-state index contributed by atoms with van der Waals surface area (Å²) >= 11 is 1.73. The van der Waals surface area contributed by atoms with Crippen LogP contribution in [0.3, 0.4) is 0 Å². The van der Waals surface area contributed by atoms with E-state index in [0.29, 0.717) is 0 Å². The quantitative estimate of drug-likeness (QED) is 0.706. The third kappa shape index (κ3) is 3.46. The summed E-state index contributed by atoms with van der Waals surface area (Å²) in [6, 6.07) is 18.7. The Labute approximate surface area is 152 Å². The normalized spacial score (nSPS) is 14.6. The highest BCUT2D eigenvalue weighted by molar-refractivity contribution is 7.14. The number of hydrogen-bond donors (Lipinski definition) is 0. The Morgan fingerprint density at radius 3 is 2.24 bits per heavy atom. The van der Waals surface area contributed by atoms with Gasteiger partial charge in [-0.05, 0) is 24.3 Å². The van der Waals surface area contributed by atoms with Crippen LogP contribution in [-0.2, 0) is 0 Å². The summed E-state index contributed by atoms with van der Waals surface area (Å²) < 4.78 is 5.24. The minimum atomic E-state index is 0.901. The van der Waals surface area contributed by atoms with Crippen molar-refractivity contribution in [1.82, 2.24) is 4.98 Å². The van der Waals surface area contributed by atoms with E-state index in [-0.39, 0.29) is 0 Å². The molecule has 128 valence electrons. The first kappa shape index (κ1) is 16.0. The zero-order chi connectivity index (χ0) is 17.1. The number of nitrogens with zero attached hydrogens (tertiary/aromatic N) is 3. The Balaban J connectivity index is 1.41. The minimum absolute atomic E-state index is 0.901. The Morgan fingerprint density at radius 1 is 0.880 bits per heavy atom. The molecule has 0 unspecified atom stereocenters. The van der Waals surface area contributed by atoms with Crippen LogP contribution in [0.2, 0.25) is 0 Å². The topological polar surface area (TPSA) is 28.6 Å². The van der Waals surface area contributed by atoms with Crippen molar-refractivity contribution in [2.45, 2.75) is 0 Å². The van der Waals surface area contributed by atoms with Gasteiger partial charge >= 0.3 is 0 Å². The predicted molar refractivity (Wildman–Crippen MR) is 105 cm³/mol. The van der Waals surface area contributed by atoms with Crippen molar-refractivity contribution in [2.24, 2.45) is 0 Å². The second-order valence-electron chi connectivity index (χ2n) is 6.05. The van der Waals surface area contributed by atoms with Gasteiger partial charge in [-0.1, -0.05) is 30.3 Å². The number of piperazine rings is 1. The number of thiazole rings is 1. The van der Waals surface area contributed by atoms with Gasteiger partial charge in [-0.15, -0.1) is 11.3 Å². The molecule has 1 saturated heterocycles. The molecule has 3 aromatic rings. The molecule has 1 fully saturated rings. The van der Waals surface area contributed by atoms with Crippen LogP contribution in [0.5, 0.6) is 5.75 Å². The van der Waals surface area contributed by atoms with E-state index in [9.17, 15) is 0 Å². The highest BCUT2D eigenvalue weighted by Crippen LogP contribution is 2.29. The molecular weight excluding hydrogens is 330 g/mol. The first-order valence-corrected chi connectivity index (χ1v) is 9.36. The maximum atomic E-state index is 5.24. The lowest BCUT2D eigenvalue weighted by molar-refractivity contribution is 0.415. The lowest BCUT2D eigenvalue weighted by Gasteiger charge is -2.36. The molecule has 0 spiro atoms. The van der Waals surface area contributed by atoms with Crippen LogP contribution < -0.4 is 14.5 Å². The van der Waals surface area contributed by atoms with Crippen molar-refractivity contribution in [3.05, 3.63) is 60.0 Å². The van der Waals surface area contributed by atoms with Gasteiger partial charge in [0.15, 0.2) is 5.13 Å². The number of hydrogen-bond acceptors (Lipinski definition) is 5. The Bertz CT molecular complexity index is 808. The summed E-state index contributed by atoms with van der Waals surface area (Å²) in [4.78, 5) is 9.64. The van der Waals surface area contributed by atoms with E-state index in [0.717, 1.165) is 42.8 Å². The van der Waals surface area contributed by atoms with Crippen LogP contribution >= 0.6 is 11.3 Å². The molecule has 0 saturated carbocycles. The van der Waals surface area contributed by atoms with Gasteiger partial charge in [0, 0.05) is 42.8 Å². The van der Waals surface area contributed by atoms with E-state index in [4.69, 9.17) is 9.72 Å². The van der Waals surface area contributed by atoms with Gasteiger partial charge in [-0.3, -0.25) is 0 Å². The predicted octanol–water partition coefficient (Wildman–Crippen LogP) is 4.15. The van der Waals surface area contributed by atoms with Crippen molar-refractivity contribution < 1.29 is 4.74 Å². The summed E-state index contributed by atoms with van der Waals surface area (Å²) in [5.41, 5.74) is 3.50. The average Bonchev–Trinajstić information content (AvgIpc) is 3.19. The molecule has 1 aromatic heterocycles. The molecule has 0 amide bonds. The van der Waals surface area contributed by atoms with E-state index >= 15 is 0 Å². The van der Waals surface area contributed by atoms with Gasteiger partial charge in [0.25, 0.3) is 0 Å². The van der Waals surface area contributed by atoms with Gasteiger partial charge in [0.05, 0.1) is 12.8 Å². The smallest absolute Gasteiger partial charge is 0.185 e. The van der Waals surface area contributed by atoms with Crippen LogP contribution in [0.4, 0.5) is 10.8 Å². The molecule has 0 N–H and O–H groups in total. The highest BCUT2D eigenvalue weighted by Gasteiger charge is 2.20. The van der Waals surface area contributed by atoms with Crippen LogP contribution in [0.1, 0.15) is 0 Å². The van der Waals surface area contributed by atoms with Gasteiger partial charge in [0.1, 0.15) is 5.75 Å². The summed E-state index contributed by atoms with van der Waals surface area (Å²) in [6.45, 7) is 4.00. The molecule has 4 rings (SSSR count). The van der Waals surface area contributed by atoms with Gasteiger partial charge in [-0.25, -0.2) is 4.98 Å². The zero-order valence-corrected chi connectivity index (χ0v) is 15.1. The molecule has 1 aliphatic heterocycles. The van der Waals surface area contributed by atoms with Crippen LogP contribution in [-0.4, -0.2) is 38.3 Å². The molecule has 2 heterocycles. The van der Waals surface area contributed by atoms with E-state index in [1.54, 1.807) is 18.4 Å². The molecule has 0 atom stereocenters. The molecule has 2 aromatic carbocycles. The fourth-order valence-corrected chi connectivity index (χ4v) is 3.99. The lowest BCUT2D eigenvalue weighted by Crippen LogP contribution is -2.46. The monoisotopic (exact) mass is 351 g/mol. The lowest BCUT2D eigenvalue weighted by atomic mass is 10.2. The van der Waals surface area contributed by atoms with Gasteiger partial charge in [-0.2, -0.15) is 0 Å². The Morgan fingerprint density at radius 2 is 1.56 bits per heavy atom. The SMILES string of the molecule is COc1ccc(N2CCN(c3nc(-c4ccccc4)cs3)CC2)cc1. The number of aromatic nitrogens is 1. The average molecular weight is 351 g/mol. The van der Waals surface area contributed by atoms with Crippen LogP contribution in [0, 0.1) is 0 Å². The fraction of sp³-hybridized carbons (Fsp3) is 0.250. The zero-order valence-electron chi connectivity index (χ0n) is 14.3. The van der Waals surface area contributed by atoms with Crippen molar-refractivity contribution in [1.29, 1.82) is 0 Å². The summed E-state index contributed by atoms with van der Waals surface area (Å²) in [6.07, 6.45) is 0. The van der Waals surface area contributed by atoms with Gasteiger partial charge < -0.3 is 14.5 Å². The molecule has 5 heteroatoms. The number of rotatable bonds is 4. The maximum Gasteiger partial charge on any atom is 0.185 e. The number of ether oxygens (including phenoxy) is 1. The molecule has 0 aliphatic carbocycles. The van der Waals surface area contributed by atoms with Crippen molar-refractivity contribution >= 4 is 22.2 Å². The molecule has 25 heavy (non-hydrogen) atoms. The van der Waals surface area contributed by atoms with Crippen molar-refractivity contribution in [3.63, 3.8) is 0 Å². The van der Waals surface area contributed by atoms with Gasteiger partial charge in [0.2, 0.25) is 0 Å². The van der Waals surface area contributed by atoms with Crippen molar-refractivity contribution in [3.8, 4) is 17.0 Å². The largest absolute Gasteiger partial charge is 0.497 e. The minimum Gasteiger partial charge on any atom is -0.497 e. The first-order valence-electron chi connectivity index (χ1n) is 8.48. The molecule has 4 nitrogen and oxygen atoms in total. The first-order chi connectivity index (χ1) is 12.3. The summed E-state index contributed by atoms with van der Waals surface area (Å²) in [5, 5.41) is 3.27. The second kappa shape index (κ2) is 7.15. The van der Waals surface area contributed by atoms with E-state index in [1.165, 1.54) is 11.3 Å².